The maximum atomic E-state index is 4.43. The fourth-order valence-corrected chi connectivity index (χ4v) is 2.27. The first-order valence-corrected chi connectivity index (χ1v) is 5.51. The van der Waals surface area contributed by atoms with Crippen LogP contribution in [-0.4, -0.2) is 18.6 Å². The molecule has 0 spiro atoms. The molecular formula is C10H18N2S. The van der Waals surface area contributed by atoms with Crippen molar-refractivity contribution in [2.24, 2.45) is 0 Å². The molecule has 0 bridgehead atoms. The number of hydrogen-bond donors (Lipinski definition) is 1. The Hall–Kier alpha value is -0.410. The summed E-state index contributed by atoms with van der Waals surface area (Å²) in [7, 11) is 1.99. The van der Waals surface area contributed by atoms with Crippen molar-refractivity contribution in [3.63, 3.8) is 0 Å². The second-order valence-electron chi connectivity index (χ2n) is 3.99. The van der Waals surface area contributed by atoms with Crippen molar-refractivity contribution >= 4 is 11.3 Å². The minimum absolute atomic E-state index is 0.201. The highest BCUT2D eigenvalue weighted by atomic mass is 32.1. The van der Waals surface area contributed by atoms with Gasteiger partial charge in [-0.2, -0.15) is 0 Å². The highest BCUT2D eigenvalue weighted by Crippen LogP contribution is 2.29. The first-order valence-electron chi connectivity index (χ1n) is 4.63. The number of hydrogen-bond acceptors (Lipinski definition) is 3. The molecule has 0 saturated heterocycles. The second kappa shape index (κ2) is 4.20. The summed E-state index contributed by atoms with van der Waals surface area (Å²) < 4.78 is 0. The molecule has 0 atom stereocenters. The molecule has 0 aliphatic carbocycles. The van der Waals surface area contributed by atoms with Gasteiger partial charge < -0.3 is 5.32 Å². The number of aryl methyl sites for hydroxylation is 1. The topological polar surface area (TPSA) is 24.9 Å². The summed E-state index contributed by atoms with van der Waals surface area (Å²) in [6.07, 6.45) is 1.13. The Morgan fingerprint density at radius 2 is 2.23 bits per heavy atom. The molecule has 13 heavy (non-hydrogen) atoms. The van der Waals surface area contributed by atoms with Gasteiger partial charge in [0.15, 0.2) is 0 Å². The van der Waals surface area contributed by atoms with Crippen LogP contribution in [0.2, 0.25) is 0 Å². The molecule has 0 saturated carbocycles. The molecule has 0 radical (unpaired) electrons. The Bertz CT molecular complexity index is 266. The van der Waals surface area contributed by atoms with Gasteiger partial charge in [-0.3, -0.25) is 0 Å². The van der Waals surface area contributed by atoms with Crippen LogP contribution in [0, 0.1) is 6.92 Å². The van der Waals surface area contributed by atoms with E-state index in [1.807, 2.05) is 12.6 Å². The van der Waals surface area contributed by atoms with Crippen LogP contribution < -0.4 is 5.32 Å². The summed E-state index contributed by atoms with van der Waals surface area (Å²) in [5.74, 6) is 0. The van der Waals surface area contributed by atoms with Crippen LogP contribution >= 0.6 is 11.3 Å². The summed E-state index contributed by atoms with van der Waals surface area (Å²) in [5, 5.41) is 3.18. The second-order valence-corrected chi connectivity index (χ2v) is 5.05. The maximum absolute atomic E-state index is 4.43. The summed E-state index contributed by atoms with van der Waals surface area (Å²) in [6.45, 7) is 7.71. The van der Waals surface area contributed by atoms with Crippen molar-refractivity contribution in [1.29, 1.82) is 0 Å². The summed E-state index contributed by atoms with van der Waals surface area (Å²) in [6, 6.07) is 0. The van der Waals surface area contributed by atoms with Gasteiger partial charge in [-0.05, 0) is 26.9 Å². The highest BCUT2D eigenvalue weighted by Gasteiger charge is 2.23. The maximum Gasteiger partial charge on any atom is 0.0797 e. The molecule has 0 aliphatic heterocycles. The SMILES string of the molecule is CNCCC(C)(C)c1ncsc1C. The third kappa shape index (κ3) is 2.51. The number of nitrogens with one attached hydrogen (secondary N) is 1. The van der Waals surface area contributed by atoms with Crippen molar-refractivity contribution in [3.05, 3.63) is 16.1 Å². The smallest absolute Gasteiger partial charge is 0.0797 e. The van der Waals surface area contributed by atoms with E-state index in [1.54, 1.807) is 11.3 Å². The largest absolute Gasteiger partial charge is 0.320 e. The number of aromatic nitrogens is 1. The van der Waals surface area contributed by atoms with Crippen LogP contribution in [0.1, 0.15) is 30.8 Å². The quantitative estimate of drug-likeness (QED) is 0.803. The fraction of sp³-hybridized carbons (Fsp3) is 0.700. The van der Waals surface area contributed by atoms with Crippen LogP contribution in [0.25, 0.3) is 0 Å². The zero-order valence-corrected chi connectivity index (χ0v) is 9.66. The van der Waals surface area contributed by atoms with Gasteiger partial charge in [-0.1, -0.05) is 13.8 Å². The molecule has 0 fully saturated rings. The van der Waals surface area contributed by atoms with Crippen molar-refractivity contribution in [1.82, 2.24) is 10.3 Å². The van der Waals surface area contributed by atoms with Gasteiger partial charge in [0.1, 0.15) is 0 Å². The Labute approximate surface area is 84.4 Å². The molecule has 1 heterocycles. The predicted octanol–water partition coefficient (Wildman–Crippen LogP) is 2.34. The molecule has 2 nitrogen and oxygen atoms in total. The van der Waals surface area contributed by atoms with E-state index in [2.05, 4.69) is 31.1 Å². The number of thiazole rings is 1. The molecule has 3 heteroatoms. The Kier molecular flexibility index (Phi) is 3.45. The lowest BCUT2D eigenvalue weighted by Crippen LogP contribution is -2.24. The Balaban J connectivity index is 2.74. The van der Waals surface area contributed by atoms with Crippen molar-refractivity contribution in [2.45, 2.75) is 32.6 Å². The first kappa shape index (κ1) is 10.7. The molecule has 0 aromatic carbocycles. The van der Waals surface area contributed by atoms with Crippen molar-refractivity contribution in [3.8, 4) is 0 Å². The fourth-order valence-electron chi connectivity index (χ4n) is 1.51. The summed E-state index contributed by atoms with van der Waals surface area (Å²) >= 11 is 1.73. The van der Waals surface area contributed by atoms with Crippen LogP contribution in [0.3, 0.4) is 0 Å². The number of rotatable bonds is 4. The summed E-state index contributed by atoms with van der Waals surface area (Å²) in [4.78, 5) is 5.78. The molecule has 1 aromatic heterocycles. The van der Waals surface area contributed by atoms with Crippen LogP contribution in [0.4, 0.5) is 0 Å². The van der Waals surface area contributed by atoms with E-state index in [1.165, 1.54) is 10.6 Å². The van der Waals surface area contributed by atoms with Gasteiger partial charge in [0.2, 0.25) is 0 Å². The van der Waals surface area contributed by atoms with Crippen molar-refractivity contribution in [2.75, 3.05) is 13.6 Å². The van der Waals surface area contributed by atoms with Crippen LogP contribution in [0.5, 0.6) is 0 Å². The lowest BCUT2D eigenvalue weighted by Gasteiger charge is -2.23. The normalized spacial score (nSPS) is 12.0. The molecule has 1 aromatic rings. The van der Waals surface area contributed by atoms with Gasteiger partial charge in [-0.15, -0.1) is 11.3 Å². The Morgan fingerprint density at radius 3 is 2.69 bits per heavy atom. The zero-order valence-electron chi connectivity index (χ0n) is 8.85. The average molecular weight is 198 g/mol. The Morgan fingerprint density at radius 1 is 1.54 bits per heavy atom. The van der Waals surface area contributed by atoms with Gasteiger partial charge >= 0.3 is 0 Å². The average Bonchev–Trinajstić information content (AvgIpc) is 2.48. The van der Waals surface area contributed by atoms with Gasteiger partial charge in [0, 0.05) is 10.3 Å². The molecule has 0 unspecified atom stereocenters. The summed E-state index contributed by atoms with van der Waals surface area (Å²) in [5.41, 5.74) is 3.39. The minimum atomic E-state index is 0.201. The molecule has 74 valence electrons. The van der Waals surface area contributed by atoms with Gasteiger partial charge in [0.25, 0.3) is 0 Å². The van der Waals surface area contributed by atoms with E-state index >= 15 is 0 Å². The molecule has 1 N–H and O–H groups in total. The van der Waals surface area contributed by atoms with Crippen molar-refractivity contribution < 1.29 is 0 Å². The first-order chi connectivity index (χ1) is 6.08. The van der Waals surface area contributed by atoms with Crippen LogP contribution in [-0.2, 0) is 5.41 Å². The predicted molar refractivity (Wildman–Crippen MR) is 58.4 cm³/mol. The van der Waals surface area contributed by atoms with E-state index in [4.69, 9.17) is 0 Å². The third-order valence-electron chi connectivity index (χ3n) is 2.39. The van der Waals surface area contributed by atoms with Crippen LogP contribution in [0.15, 0.2) is 5.51 Å². The van der Waals surface area contributed by atoms with Gasteiger partial charge in [0.05, 0.1) is 11.2 Å². The van der Waals surface area contributed by atoms with E-state index in [0.717, 1.165) is 13.0 Å². The lowest BCUT2D eigenvalue weighted by molar-refractivity contribution is 0.456. The standard InChI is InChI=1S/C10H18N2S/c1-8-9(12-7-13-8)10(2,3)5-6-11-4/h7,11H,5-6H2,1-4H3. The molecule has 0 amide bonds. The molecule has 1 rings (SSSR count). The monoisotopic (exact) mass is 198 g/mol. The zero-order chi connectivity index (χ0) is 9.90. The van der Waals surface area contributed by atoms with Gasteiger partial charge in [-0.25, -0.2) is 4.98 Å². The van der Waals surface area contributed by atoms with E-state index in [-0.39, 0.29) is 5.41 Å². The molecular weight excluding hydrogens is 180 g/mol. The minimum Gasteiger partial charge on any atom is -0.320 e. The lowest BCUT2D eigenvalue weighted by atomic mass is 9.85. The van der Waals surface area contributed by atoms with E-state index < -0.39 is 0 Å². The third-order valence-corrected chi connectivity index (χ3v) is 3.14. The highest BCUT2D eigenvalue weighted by molar-refractivity contribution is 7.09. The van der Waals surface area contributed by atoms with E-state index in [9.17, 15) is 0 Å². The molecule has 0 aliphatic rings. The number of nitrogens with zero attached hydrogens (tertiary/aromatic N) is 1. The van der Waals surface area contributed by atoms with E-state index in [0.29, 0.717) is 0 Å².